The monoisotopic (exact) mass is 536 g/mol. The molecule has 0 heterocycles. The van der Waals surface area contributed by atoms with Crippen molar-refractivity contribution in [3.63, 3.8) is 0 Å². The second-order valence-corrected chi connectivity index (χ2v) is 11.0. The van der Waals surface area contributed by atoms with Crippen LogP contribution in [-0.4, -0.2) is 0 Å². The van der Waals surface area contributed by atoms with Gasteiger partial charge in [-0.15, -0.1) is 0 Å². The van der Waals surface area contributed by atoms with Gasteiger partial charge in [0, 0.05) is 0 Å². The molecule has 0 saturated carbocycles. The van der Waals surface area contributed by atoms with Crippen molar-refractivity contribution < 1.29 is 0 Å². The molecule has 0 aliphatic carbocycles. The summed E-state index contributed by atoms with van der Waals surface area (Å²) in [4.78, 5) is 0. The second kappa shape index (κ2) is 10.7. The van der Waals surface area contributed by atoms with E-state index < -0.39 is 0 Å². The number of hydrogen-bond acceptors (Lipinski definition) is 0. The minimum atomic E-state index is 1.02. The smallest absolute Gasteiger partial charge is 0.00201 e. The van der Waals surface area contributed by atoms with Gasteiger partial charge in [-0.3, -0.25) is 0 Å². The summed E-state index contributed by atoms with van der Waals surface area (Å²) in [6, 6.07) is 48.9. The molecule has 0 unspecified atom stereocenters. The van der Waals surface area contributed by atoms with Crippen LogP contribution in [0.2, 0.25) is 0 Å². The Hall–Kier alpha value is -5.20. The van der Waals surface area contributed by atoms with E-state index in [0.29, 0.717) is 0 Å². The molecule has 42 heavy (non-hydrogen) atoms. The molecular weight excluding hydrogens is 504 g/mol. The van der Waals surface area contributed by atoms with Crippen molar-refractivity contribution in [1.82, 2.24) is 0 Å². The van der Waals surface area contributed by atoms with E-state index in [4.69, 9.17) is 0 Å². The highest BCUT2D eigenvalue weighted by Crippen LogP contribution is 2.46. The number of benzene rings is 7. The number of hydrogen-bond donors (Lipinski definition) is 0. The highest BCUT2D eigenvalue weighted by molar-refractivity contribution is 6.24. The zero-order valence-corrected chi connectivity index (χ0v) is 24.1. The lowest BCUT2D eigenvalue weighted by Crippen LogP contribution is -1.93. The molecule has 0 nitrogen and oxygen atoms in total. The molecule has 0 heteroatoms. The molecule has 0 atom stereocenters. The zero-order valence-electron chi connectivity index (χ0n) is 24.1. The van der Waals surface area contributed by atoms with E-state index in [9.17, 15) is 0 Å². The van der Waals surface area contributed by atoms with Crippen molar-refractivity contribution in [2.24, 2.45) is 0 Å². The maximum absolute atomic E-state index is 4.30. The van der Waals surface area contributed by atoms with Crippen molar-refractivity contribution in [2.75, 3.05) is 0 Å². The van der Waals surface area contributed by atoms with E-state index in [1.807, 2.05) is 13.0 Å². The first kappa shape index (κ1) is 25.7. The molecule has 7 aromatic carbocycles. The van der Waals surface area contributed by atoms with Gasteiger partial charge < -0.3 is 0 Å². The molecule has 0 fully saturated rings. The number of rotatable bonds is 5. The summed E-state index contributed by atoms with van der Waals surface area (Å²) < 4.78 is 0. The van der Waals surface area contributed by atoms with Gasteiger partial charge in [0.25, 0.3) is 0 Å². The fraction of sp³-hybridized carbons (Fsp3) is 0.0476. The lowest BCUT2D eigenvalue weighted by molar-refractivity contribution is 1.47. The van der Waals surface area contributed by atoms with Crippen molar-refractivity contribution in [3.8, 4) is 33.4 Å². The summed E-state index contributed by atoms with van der Waals surface area (Å²) in [5, 5.41) is 7.57. The van der Waals surface area contributed by atoms with Gasteiger partial charge >= 0.3 is 0 Å². The van der Waals surface area contributed by atoms with Crippen LogP contribution in [-0.2, 0) is 0 Å². The molecule has 0 aromatic heterocycles. The Morgan fingerprint density at radius 1 is 0.500 bits per heavy atom. The molecule has 0 aliphatic rings. The SMILES string of the molecule is C=C(/C=C\C)c1cccc(-c2c3ccccc3c(-c3ccc(-c4ccc(C)cc4)c4ccccc34)c3ccccc23)c1. The molecule has 0 N–H and O–H groups in total. The molecule has 0 radical (unpaired) electrons. The molecular formula is C42H32. The van der Waals surface area contributed by atoms with Gasteiger partial charge in [0.05, 0.1) is 0 Å². The fourth-order valence-corrected chi connectivity index (χ4v) is 6.40. The van der Waals surface area contributed by atoms with Crippen LogP contribution in [0.1, 0.15) is 18.1 Å². The Morgan fingerprint density at radius 2 is 1.02 bits per heavy atom. The van der Waals surface area contributed by atoms with Crippen molar-refractivity contribution in [2.45, 2.75) is 13.8 Å². The molecule has 0 spiro atoms. The van der Waals surface area contributed by atoms with Crippen molar-refractivity contribution >= 4 is 37.9 Å². The van der Waals surface area contributed by atoms with Gasteiger partial charge in [-0.25, -0.2) is 0 Å². The summed E-state index contributed by atoms with van der Waals surface area (Å²) in [6.45, 7) is 8.48. The Bertz CT molecular complexity index is 2100. The largest absolute Gasteiger partial charge is 0.0912 e. The van der Waals surface area contributed by atoms with E-state index >= 15 is 0 Å². The summed E-state index contributed by atoms with van der Waals surface area (Å²) >= 11 is 0. The Morgan fingerprint density at radius 3 is 1.62 bits per heavy atom. The third kappa shape index (κ3) is 4.33. The normalized spacial score (nSPS) is 11.6. The van der Waals surface area contributed by atoms with E-state index in [0.717, 1.165) is 11.1 Å². The first-order valence-corrected chi connectivity index (χ1v) is 14.6. The van der Waals surface area contributed by atoms with E-state index in [-0.39, 0.29) is 0 Å². The van der Waals surface area contributed by atoms with E-state index in [1.165, 1.54) is 71.3 Å². The van der Waals surface area contributed by atoms with E-state index in [2.05, 4.69) is 153 Å². The van der Waals surface area contributed by atoms with Gasteiger partial charge in [-0.2, -0.15) is 0 Å². The average molecular weight is 537 g/mol. The van der Waals surface area contributed by atoms with Gasteiger partial charge in [-0.05, 0) is 96.7 Å². The van der Waals surface area contributed by atoms with Crippen molar-refractivity contribution in [3.05, 3.63) is 163 Å². The zero-order chi connectivity index (χ0) is 28.6. The molecule has 0 amide bonds. The first-order valence-electron chi connectivity index (χ1n) is 14.6. The number of allylic oxidation sites excluding steroid dienone is 3. The Kier molecular flexibility index (Phi) is 6.53. The average Bonchev–Trinajstić information content (AvgIpc) is 3.04. The first-order chi connectivity index (χ1) is 20.6. The van der Waals surface area contributed by atoms with Crippen molar-refractivity contribution in [1.29, 1.82) is 0 Å². The molecule has 0 bridgehead atoms. The third-order valence-corrected chi connectivity index (χ3v) is 8.38. The van der Waals surface area contributed by atoms with Gasteiger partial charge in [0.15, 0.2) is 0 Å². The van der Waals surface area contributed by atoms with E-state index in [1.54, 1.807) is 0 Å². The summed E-state index contributed by atoms with van der Waals surface area (Å²) in [6.07, 6.45) is 4.12. The fourth-order valence-electron chi connectivity index (χ4n) is 6.40. The number of fused-ring (bicyclic) bond motifs is 3. The summed E-state index contributed by atoms with van der Waals surface area (Å²) in [5.74, 6) is 0. The molecule has 200 valence electrons. The molecule has 7 aromatic rings. The van der Waals surface area contributed by atoms with Crippen LogP contribution >= 0.6 is 0 Å². The minimum Gasteiger partial charge on any atom is -0.0912 e. The van der Waals surface area contributed by atoms with Crippen LogP contribution in [0.25, 0.3) is 71.3 Å². The maximum atomic E-state index is 4.30. The highest BCUT2D eigenvalue weighted by Gasteiger charge is 2.19. The maximum Gasteiger partial charge on any atom is -0.00201 e. The predicted octanol–water partition coefficient (Wildman–Crippen LogP) is 12.0. The van der Waals surface area contributed by atoms with Crippen LogP contribution in [0.5, 0.6) is 0 Å². The van der Waals surface area contributed by atoms with Gasteiger partial charge in [0.2, 0.25) is 0 Å². The minimum absolute atomic E-state index is 1.02. The third-order valence-electron chi connectivity index (χ3n) is 8.38. The lowest BCUT2D eigenvalue weighted by atomic mass is 9.83. The topological polar surface area (TPSA) is 0 Å². The standard InChI is InChI=1S/C42H32/c1-4-12-29(3)31-13-11-14-32(27-31)41-36-17-7-9-19-38(36)42(39-20-10-8-18-37(39)41)40-26-25-33(30-23-21-28(2)22-24-30)34-15-5-6-16-35(34)40/h4-27H,3H2,1-2H3/b12-4-. The highest BCUT2D eigenvalue weighted by atomic mass is 14.2. The Balaban J connectivity index is 1.55. The van der Waals surface area contributed by atoms with Gasteiger partial charge in [0.1, 0.15) is 0 Å². The van der Waals surface area contributed by atoms with Crippen LogP contribution in [0.3, 0.4) is 0 Å². The van der Waals surface area contributed by atoms with Crippen LogP contribution < -0.4 is 0 Å². The second-order valence-electron chi connectivity index (χ2n) is 11.0. The summed E-state index contributed by atoms with van der Waals surface area (Å²) in [5.41, 5.74) is 10.9. The summed E-state index contributed by atoms with van der Waals surface area (Å²) in [7, 11) is 0. The van der Waals surface area contributed by atoms with Crippen LogP contribution in [0.15, 0.2) is 152 Å². The predicted molar refractivity (Wildman–Crippen MR) is 184 cm³/mol. The Labute approximate surface area is 247 Å². The van der Waals surface area contributed by atoms with Crippen LogP contribution in [0.4, 0.5) is 0 Å². The molecule has 0 aliphatic heterocycles. The van der Waals surface area contributed by atoms with Gasteiger partial charge in [-0.1, -0.05) is 152 Å². The number of aryl methyl sites for hydroxylation is 1. The van der Waals surface area contributed by atoms with Crippen LogP contribution in [0, 0.1) is 6.92 Å². The molecule has 0 saturated heterocycles. The molecule has 7 rings (SSSR count). The lowest BCUT2D eigenvalue weighted by Gasteiger charge is -2.20. The quantitative estimate of drug-likeness (QED) is 0.152.